The summed E-state index contributed by atoms with van der Waals surface area (Å²) in [6, 6.07) is 7.02. The largest absolute Gasteiger partial charge is 0.416 e. The van der Waals surface area contributed by atoms with E-state index in [9.17, 15) is 13.2 Å². The van der Waals surface area contributed by atoms with E-state index in [1.54, 1.807) is 0 Å². The summed E-state index contributed by atoms with van der Waals surface area (Å²) < 4.78 is 38.2. The monoisotopic (exact) mass is 243 g/mol. The number of nitrogens with zero attached hydrogens (tertiary/aromatic N) is 1. The van der Waals surface area contributed by atoms with Crippen LogP contribution in [0.2, 0.25) is 0 Å². The van der Waals surface area contributed by atoms with Gasteiger partial charge in [-0.1, -0.05) is 18.2 Å². The fourth-order valence-electron chi connectivity index (χ4n) is 1.70. The Morgan fingerprint density at radius 2 is 1.94 bits per heavy atom. The number of benzene rings is 1. The van der Waals surface area contributed by atoms with Crippen molar-refractivity contribution in [3.63, 3.8) is 0 Å². The van der Waals surface area contributed by atoms with Crippen molar-refractivity contribution in [3.8, 4) is 6.07 Å². The molecular weight excluding hydrogens is 231 g/mol. The van der Waals surface area contributed by atoms with Gasteiger partial charge in [-0.2, -0.15) is 18.4 Å². The highest BCUT2D eigenvalue weighted by Gasteiger charge is 2.34. The van der Waals surface area contributed by atoms with Crippen LogP contribution in [0.5, 0.6) is 0 Å². The number of rotatable bonds is 4. The molecule has 0 aromatic heterocycles. The van der Waals surface area contributed by atoms with Gasteiger partial charge in [0.15, 0.2) is 0 Å². The molecule has 1 atom stereocenters. The lowest BCUT2D eigenvalue weighted by Gasteiger charge is -2.18. The fourth-order valence-corrected chi connectivity index (χ4v) is 1.70. The third kappa shape index (κ3) is 3.46. The molecule has 0 heterocycles. The zero-order valence-corrected chi connectivity index (χ0v) is 9.04. The summed E-state index contributed by atoms with van der Waals surface area (Å²) in [5.41, 5.74) is -0.685. The molecule has 17 heavy (non-hydrogen) atoms. The van der Waals surface area contributed by atoms with Gasteiger partial charge in [0, 0.05) is 18.9 Å². The van der Waals surface area contributed by atoms with Crippen molar-refractivity contribution in [2.75, 3.05) is 6.61 Å². The number of aliphatic hydroxyl groups excluding tert-OH is 1. The van der Waals surface area contributed by atoms with Crippen LogP contribution in [0.4, 0.5) is 13.2 Å². The average Bonchev–Trinajstić information content (AvgIpc) is 2.29. The maximum atomic E-state index is 12.7. The first-order valence-corrected chi connectivity index (χ1v) is 5.14. The van der Waals surface area contributed by atoms with E-state index in [1.807, 2.05) is 6.07 Å². The summed E-state index contributed by atoms with van der Waals surface area (Å²) in [4.78, 5) is 0. The van der Waals surface area contributed by atoms with E-state index in [4.69, 9.17) is 10.4 Å². The summed E-state index contributed by atoms with van der Waals surface area (Å²) in [7, 11) is 0. The van der Waals surface area contributed by atoms with Crippen molar-refractivity contribution in [2.45, 2.75) is 24.9 Å². The van der Waals surface area contributed by atoms with E-state index < -0.39 is 24.3 Å². The van der Waals surface area contributed by atoms with Crippen molar-refractivity contribution >= 4 is 0 Å². The quantitative estimate of drug-likeness (QED) is 0.883. The molecule has 2 nitrogen and oxygen atoms in total. The smallest absolute Gasteiger partial charge is 0.396 e. The first kappa shape index (κ1) is 13.5. The molecule has 0 aliphatic carbocycles. The molecule has 1 rings (SSSR count). The van der Waals surface area contributed by atoms with Crippen molar-refractivity contribution < 1.29 is 18.3 Å². The topological polar surface area (TPSA) is 44.0 Å². The molecule has 0 saturated heterocycles. The van der Waals surface area contributed by atoms with Crippen molar-refractivity contribution in [2.24, 2.45) is 0 Å². The van der Waals surface area contributed by atoms with Crippen LogP contribution in [-0.2, 0) is 6.18 Å². The van der Waals surface area contributed by atoms with Crippen LogP contribution in [0, 0.1) is 11.3 Å². The van der Waals surface area contributed by atoms with Gasteiger partial charge in [-0.15, -0.1) is 0 Å². The minimum Gasteiger partial charge on any atom is -0.396 e. The van der Waals surface area contributed by atoms with Gasteiger partial charge in [0.25, 0.3) is 0 Å². The second-order valence-electron chi connectivity index (χ2n) is 3.66. The highest BCUT2D eigenvalue weighted by atomic mass is 19.4. The third-order valence-corrected chi connectivity index (χ3v) is 2.53. The first-order valence-electron chi connectivity index (χ1n) is 5.14. The molecule has 0 amide bonds. The molecule has 0 aliphatic heterocycles. The van der Waals surface area contributed by atoms with Crippen LogP contribution in [0.1, 0.15) is 29.9 Å². The summed E-state index contributed by atoms with van der Waals surface area (Å²) in [6.07, 6.45) is -4.09. The van der Waals surface area contributed by atoms with Crippen LogP contribution in [0.3, 0.4) is 0 Å². The maximum Gasteiger partial charge on any atom is 0.416 e. The Hall–Kier alpha value is -1.54. The SMILES string of the molecule is N#CCCC(CO)c1ccccc1C(F)(F)F. The van der Waals surface area contributed by atoms with Crippen LogP contribution in [0.25, 0.3) is 0 Å². The summed E-state index contributed by atoms with van der Waals surface area (Å²) >= 11 is 0. The van der Waals surface area contributed by atoms with Crippen LogP contribution in [-0.4, -0.2) is 11.7 Å². The molecular formula is C12H12F3NO. The van der Waals surface area contributed by atoms with Gasteiger partial charge < -0.3 is 5.11 Å². The van der Waals surface area contributed by atoms with E-state index in [0.717, 1.165) is 6.07 Å². The number of aliphatic hydroxyl groups is 1. The lowest BCUT2D eigenvalue weighted by molar-refractivity contribution is -0.138. The minimum atomic E-state index is -4.43. The van der Waals surface area contributed by atoms with Gasteiger partial charge in [-0.3, -0.25) is 0 Å². The van der Waals surface area contributed by atoms with Crippen molar-refractivity contribution in [1.29, 1.82) is 5.26 Å². The molecule has 0 bridgehead atoms. The number of hydrogen-bond donors (Lipinski definition) is 1. The zero-order chi connectivity index (χ0) is 12.9. The van der Waals surface area contributed by atoms with Gasteiger partial charge in [-0.05, 0) is 18.1 Å². The molecule has 1 aromatic carbocycles. The minimum absolute atomic E-state index is 0.0535. The molecule has 0 radical (unpaired) electrons. The Kier molecular flexibility index (Phi) is 4.53. The zero-order valence-electron chi connectivity index (χ0n) is 9.04. The molecule has 0 aliphatic rings. The lowest BCUT2D eigenvalue weighted by atomic mass is 9.91. The molecule has 0 spiro atoms. The second kappa shape index (κ2) is 5.69. The Bertz CT molecular complexity index is 409. The van der Waals surface area contributed by atoms with Gasteiger partial charge in [-0.25, -0.2) is 0 Å². The summed E-state index contributed by atoms with van der Waals surface area (Å²) in [5.74, 6) is -0.646. The Morgan fingerprint density at radius 1 is 1.29 bits per heavy atom. The predicted molar refractivity (Wildman–Crippen MR) is 56.1 cm³/mol. The van der Waals surface area contributed by atoms with E-state index in [-0.39, 0.29) is 18.4 Å². The van der Waals surface area contributed by atoms with Crippen molar-refractivity contribution in [1.82, 2.24) is 0 Å². The standard InChI is InChI=1S/C12H12F3NO/c13-12(14,15)11-6-2-1-5-10(11)9(8-17)4-3-7-16/h1-2,5-6,9,17H,3-4,8H2. The number of alkyl halides is 3. The van der Waals surface area contributed by atoms with Gasteiger partial charge in [0.05, 0.1) is 11.6 Å². The molecule has 0 fully saturated rings. The van der Waals surface area contributed by atoms with Gasteiger partial charge in [0.2, 0.25) is 0 Å². The molecule has 1 N–H and O–H groups in total. The lowest BCUT2D eigenvalue weighted by Crippen LogP contribution is -2.14. The Labute approximate surface area is 97.3 Å². The van der Waals surface area contributed by atoms with Crippen molar-refractivity contribution in [3.05, 3.63) is 35.4 Å². The number of hydrogen-bond acceptors (Lipinski definition) is 2. The molecule has 1 aromatic rings. The van der Waals surface area contributed by atoms with Crippen LogP contribution >= 0.6 is 0 Å². The first-order chi connectivity index (χ1) is 8.00. The van der Waals surface area contributed by atoms with E-state index in [0.29, 0.717) is 0 Å². The van der Waals surface area contributed by atoms with Crippen LogP contribution in [0.15, 0.2) is 24.3 Å². The number of nitriles is 1. The van der Waals surface area contributed by atoms with Gasteiger partial charge in [0.1, 0.15) is 0 Å². The van der Waals surface area contributed by atoms with E-state index in [2.05, 4.69) is 0 Å². The summed E-state index contributed by atoms with van der Waals surface area (Å²) in [5, 5.41) is 17.6. The Balaban J connectivity index is 3.07. The molecule has 1 unspecified atom stereocenters. The molecule has 0 saturated carbocycles. The van der Waals surface area contributed by atoms with Crippen LogP contribution < -0.4 is 0 Å². The summed E-state index contributed by atoms with van der Waals surface area (Å²) in [6.45, 7) is -0.394. The second-order valence-corrected chi connectivity index (χ2v) is 3.66. The Morgan fingerprint density at radius 3 is 2.47 bits per heavy atom. The predicted octanol–water partition coefficient (Wildman–Crippen LogP) is 3.09. The molecule has 5 heteroatoms. The number of halogens is 3. The normalized spacial score (nSPS) is 13.1. The molecule has 92 valence electrons. The maximum absolute atomic E-state index is 12.7. The van der Waals surface area contributed by atoms with E-state index in [1.165, 1.54) is 18.2 Å². The highest BCUT2D eigenvalue weighted by molar-refractivity contribution is 5.32. The highest BCUT2D eigenvalue weighted by Crippen LogP contribution is 2.36. The van der Waals surface area contributed by atoms with Gasteiger partial charge >= 0.3 is 6.18 Å². The fraction of sp³-hybridized carbons (Fsp3) is 0.417. The average molecular weight is 243 g/mol. The van der Waals surface area contributed by atoms with E-state index >= 15 is 0 Å². The third-order valence-electron chi connectivity index (χ3n) is 2.53.